The van der Waals surface area contributed by atoms with Crippen LogP contribution in [-0.2, 0) is 6.18 Å². The second kappa shape index (κ2) is 5.00. The number of nitrogens with two attached hydrogens (primary N) is 1. The highest BCUT2D eigenvalue weighted by Gasteiger charge is 2.35. The van der Waals surface area contributed by atoms with Crippen molar-refractivity contribution < 1.29 is 17.9 Å². The molecule has 0 atom stereocenters. The second-order valence-electron chi connectivity index (χ2n) is 3.39. The third-order valence-electron chi connectivity index (χ3n) is 1.88. The molecule has 0 aliphatic heterocycles. The molecular weight excluding hydrogens is 329 g/mol. The molecule has 0 bridgehead atoms. The predicted molar refractivity (Wildman–Crippen MR) is 63.5 cm³/mol. The molecule has 9 heteroatoms. The Hall–Kier alpha value is -1.90. The molecule has 0 spiro atoms. The number of nitrogens with zero attached hydrogens (tertiary/aromatic N) is 3. The molecule has 0 fully saturated rings. The summed E-state index contributed by atoms with van der Waals surface area (Å²) in [5, 5.41) is 0. The zero-order valence-corrected chi connectivity index (χ0v) is 10.7. The van der Waals surface area contributed by atoms with Crippen LogP contribution in [0.15, 0.2) is 29.0 Å². The lowest BCUT2D eigenvalue weighted by molar-refractivity contribution is -0.145. The lowest BCUT2D eigenvalue weighted by atomic mass is 10.4. The van der Waals surface area contributed by atoms with Crippen molar-refractivity contribution in [3.8, 4) is 11.6 Å². The summed E-state index contributed by atoms with van der Waals surface area (Å²) in [5.74, 6) is -1.77. The van der Waals surface area contributed by atoms with Crippen molar-refractivity contribution in [2.45, 2.75) is 6.18 Å². The first-order chi connectivity index (χ1) is 8.84. The van der Waals surface area contributed by atoms with Gasteiger partial charge in [-0.2, -0.15) is 18.2 Å². The minimum Gasteiger partial charge on any atom is -0.437 e. The van der Waals surface area contributed by atoms with Crippen molar-refractivity contribution in [3.63, 3.8) is 0 Å². The lowest BCUT2D eigenvalue weighted by Gasteiger charge is -2.09. The summed E-state index contributed by atoms with van der Waals surface area (Å²) in [7, 11) is 0. The highest BCUT2D eigenvalue weighted by molar-refractivity contribution is 9.10. The summed E-state index contributed by atoms with van der Waals surface area (Å²) in [5.41, 5.74) is 5.28. The highest BCUT2D eigenvalue weighted by atomic mass is 79.9. The predicted octanol–water partition coefficient (Wildman–Crippen LogP) is 3.03. The van der Waals surface area contributed by atoms with E-state index >= 15 is 0 Å². The molecule has 100 valence electrons. The van der Waals surface area contributed by atoms with E-state index in [1.165, 1.54) is 18.5 Å². The van der Waals surface area contributed by atoms with Crippen molar-refractivity contribution in [3.05, 3.63) is 34.8 Å². The van der Waals surface area contributed by atoms with Gasteiger partial charge in [0.05, 0.1) is 6.20 Å². The number of nitrogen functional groups attached to an aromatic ring is 1. The van der Waals surface area contributed by atoms with Crippen LogP contribution in [0.2, 0.25) is 0 Å². The minimum absolute atomic E-state index is 0.223. The van der Waals surface area contributed by atoms with E-state index in [2.05, 4.69) is 30.9 Å². The van der Waals surface area contributed by atoms with Crippen LogP contribution in [0.4, 0.5) is 19.0 Å². The van der Waals surface area contributed by atoms with Crippen LogP contribution < -0.4 is 10.5 Å². The molecule has 0 radical (unpaired) electrons. The van der Waals surface area contributed by atoms with Crippen molar-refractivity contribution in [2.24, 2.45) is 0 Å². The summed E-state index contributed by atoms with van der Waals surface area (Å²) < 4.78 is 43.3. The maximum Gasteiger partial charge on any atom is 0.451 e. The van der Waals surface area contributed by atoms with Crippen LogP contribution in [0, 0.1) is 0 Å². The monoisotopic (exact) mass is 334 g/mol. The Morgan fingerprint density at radius 2 is 1.89 bits per heavy atom. The Bertz CT molecular complexity index is 606. The average Bonchev–Trinajstić information content (AvgIpc) is 2.26. The quantitative estimate of drug-likeness (QED) is 0.913. The van der Waals surface area contributed by atoms with Crippen LogP contribution >= 0.6 is 15.9 Å². The van der Waals surface area contributed by atoms with Gasteiger partial charge in [0.25, 0.3) is 0 Å². The number of hydrogen-bond acceptors (Lipinski definition) is 5. The number of alkyl halides is 3. The Morgan fingerprint density at radius 1 is 1.16 bits per heavy atom. The van der Waals surface area contributed by atoms with Gasteiger partial charge in [-0.1, -0.05) is 0 Å². The first kappa shape index (κ1) is 13.5. The molecule has 0 amide bonds. The molecule has 0 aliphatic carbocycles. The zero-order valence-electron chi connectivity index (χ0n) is 9.15. The molecule has 0 unspecified atom stereocenters. The Morgan fingerprint density at radius 3 is 2.53 bits per heavy atom. The van der Waals surface area contributed by atoms with Crippen molar-refractivity contribution in [1.82, 2.24) is 15.0 Å². The van der Waals surface area contributed by atoms with E-state index < -0.39 is 12.0 Å². The van der Waals surface area contributed by atoms with Gasteiger partial charge in [-0.05, 0) is 22.0 Å². The van der Waals surface area contributed by atoms with Gasteiger partial charge in [0.1, 0.15) is 11.6 Å². The molecule has 2 N–H and O–H groups in total. The largest absolute Gasteiger partial charge is 0.451 e. The zero-order chi connectivity index (χ0) is 14.0. The summed E-state index contributed by atoms with van der Waals surface area (Å²) >= 11 is 3.16. The molecule has 2 aromatic rings. The van der Waals surface area contributed by atoms with Crippen molar-refractivity contribution in [2.75, 3.05) is 5.73 Å². The normalized spacial score (nSPS) is 11.4. The molecule has 2 heterocycles. The number of hydrogen-bond donors (Lipinski definition) is 1. The molecule has 2 aromatic heterocycles. The number of aromatic nitrogens is 3. The summed E-state index contributed by atoms with van der Waals surface area (Å²) in [4.78, 5) is 10.2. The van der Waals surface area contributed by atoms with Gasteiger partial charge in [0, 0.05) is 16.7 Å². The van der Waals surface area contributed by atoms with Gasteiger partial charge in [-0.15, -0.1) is 0 Å². The van der Waals surface area contributed by atoms with Crippen LogP contribution in [0.25, 0.3) is 0 Å². The van der Waals surface area contributed by atoms with Crippen LogP contribution in [0.5, 0.6) is 11.6 Å². The summed E-state index contributed by atoms with van der Waals surface area (Å²) in [6.07, 6.45) is -1.86. The Kier molecular flexibility index (Phi) is 3.56. The lowest BCUT2D eigenvalue weighted by Crippen LogP contribution is -2.12. The van der Waals surface area contributed by atoms with Crippen molar-refractivity contribution in [1.29, 1.82) is 0 Å². The number of anilines is 1. The van der Waals surface area contributed by atoms with Crippen molar-refractivity contribution >= 4 is 21.7 Å². The summed E-state index contributed by atoms with van der Waals surface area (Å²) in [6, 6.07) is 2.62. The third-order valence-corrected chi connectivity index (χ3v) is 2.31. The first-order valence-corrected chi connectivity index (χ1v) is 5.64. The SMILES string of the molecule is Nc1cc(Oc2cncc(Br)c2)nc(C(F)(F)F)n1. The maximum atomic E-state index is 12.5. The molecular formula is C10H6BrF3N4O. The molecule has 0 saturated heterocycles. The van der Waals surface area contributed by atoms with Gasteiger partial charge in [-0.25, -0.2) is 4.98 Å². The maximum absolute atomic E-state index is 12.5. The van der Waals surface area contributed by atoms with Crippen LogP contribution in [0.1, 0.15) is 5.82 Å². The molecule has 0 aliphatic rings. The highest BCUT2D eigenvalue weighted by Crippen LogP contribution is 2.30. The van der Waals surface area contributed by atoms with Gasteiger partial charge in [0.2, 0.25) is 11.7 Å². The fourth-order valence-corrected chi connectivity index (χ4v) is 1.53. The first-order valence-electron chi connectivity index (χ1n) is 4.85. The number of pyridine rings is 1. The van der Waals surface area contributed by atoms with E-state index in [-0.39, 0.29) is 17.4 Å². The average molecular weight is 335 g/mol. The van der Waals surface area contributed by atoms with E-state index in [0.29, 0.717) is 4.47 Å². The van der Waals surface area contributed by atoms with E-state index in [1.54, 1.807) is 0 Å². The Balaban J connectivity index is 2.33. The van der Waals surface area contributed by atoms with E-state index in [0.717, 1.165) is 6.07 Å². The standard InChI is InChI=1S/C10H6BrF3N4O/c11-5-1-6(4-16-3-5)19-8-2-7(15)17-9(18-8)10(12,13)14/h1-4H,(H2,15,17,18). The van der Waals surface area contributed by atoms with Gasteiger partial charge < -0.3 is 10.5 Å². The minimum atomic E-state index is -4.69. The topological polar surface area (TPSA) is 73.9 Å². The number of halogens is 4. The molecule has 19 heavy (non-hydrogen) atoms. The molecule has 2 rings (SSSR count). The van der Waals surface area contributed by atoms with Gasteiger partial charge in [-0.3, -0.25) is 4.98 Å². The van der Waals surface area contributed by atoms with E-state index in [9.17, 15) is 13.2 Å². The second-order valence-corrected chi connectivity index (χ2v) is 4.31. The van der Waals surface area contributed by atoms with E-state index in [4.69, 9.17) is 10.5 Å². The van der Waals surface area contributed by atoms with Gasteiger partial charge >= 0.3 is 6.18 Å². The van der Waals surface area contributed by atoms with Crippen LogP contribution in [0.3, 0.4) is 0 Å². The Labute approximate surface area is 113 Å². The fraction of sp³-hybridized carbons (Fsp3) is 0.100. The van der Waals surface area contributed by atoms with E-state index in [1.807, 2.05) is 0 Å². The smallest absolute Gasteiger partial charge is 0.437 e. The van der Waals surface area contributed by atoms with Crippen LogP contribution in [-0.4, -0.2) is 15.0 Å². The third kappa shape index (κ3) is 3.53. The number of ether oxygens (including phenoxy) is 1. The number of rotatable bonds is 2. The molecule has 5 nitrogen and oxygen atoms in total. The summed E-state index contributed by atoms with van der Waals surface area (Å²) in [6.45, 7) is 0. The fourth-order valence-electron chi connectivity index (χ4n) is 1.19. The molecule has 0 aromatic carbocycles. The molecule has 0 saturated carbocycles. The van der Waals surface area contributed by atoms with Gasteiger partial charge in [0.15, 0.2) is 0 Å².